The second kappa shape index (κ2) is 12.1. The largest absolute Gasteiger partial charge is 0.367 e. The number of nitrogens with zero attached hydrogens (tertiary/aromatic N) is 3. The quantitative estimate of drug-likeness (QED) is 0.365. The lowest BCUT2D eigenvalue weighted by Crippen LogP contribution is -2.51. The third kappa shape index (κ3) is 7.07. The lowest BCUT2D eigenvalue weighted by Gasteiger charge is -2.39. The molecule has 2 heterocycles. The zero-order valence-electron chi connectivity index (χ0n) is 17.9. The number of halogens is 2. The summed E-state index contributed by atoms with van der Waals surface area (Å²) in [7, 11) is 1.85. The van der Waals surface area contributed by atoms with Crippen molar-refractivity contribution in [2.45, 2.75) is 45.3 Å². The molecule has 0 aliphatic carbocycles. The smallest absolute Gasteiger partial charge is 0.193 e. The molecule has 0 spiro atoms. The van der Waals surface area contributed by atoms with Gasteiger partial charge >= 0.3 is 0 Å². The van der Waals surface area contributed by atoms with E-state index in [-0.39, 0.29) is 42.0 Å². The number of morpholine rings is 1. The summed E-state index contributed by atoms with van der Waals surface area (Å²) in [6.45, 7) is 10.5. The van der Waals surface area contributed by atoms with Crippen molar-refractivity contribution in [3.63, 3.8) is 0 Å². The van der Waals surface area contributed by atoms with E-state index in [9.17, 15) is 4.39 Å². The summed E-state index contributed by atoms with van der Waals surface area (Å²) in [4.78, 5) is 9.37. The molecule has 2 fully saturated rings. The van der Waals surface area contributed by atoms with Crippen LogP contribution in [0.3, 0.4) is 0 Å². The first-order valence-electron chi connectivity index (χ1n) is 10.7. The zero-order valence-corrected chi connectivity index (χ0v) is 20.3. The molecule has 7 heteroatoms. The van der Waals surface area contributed by atoms with Gasteiger partial charge in [0, 0.05) is 20.1 Å². The Morgan fingerprint density at radius 3 is 2.52 bits per heavy atom. The maximum absolute atomic E-state index is 13.3. The minimum atomic E-state index is -0.216. The Morgan fingerprint density at radius 2 is 1.90 bits per heavy atom. The molecular formula is C22H36FIN4O. The lowest BCUT2D eigenvalue weighted by atomic mass is 9.97. The van der Waals surface area contributed by atoms with Crippen LogP contribution in [-0.2, 0) is 4.74 Å². The Bertz CT molecular complexity index is 634. The van der Waals surface area contributed by atoms with Crippen molar-refractivity contribution in [2.75, 3.05) is 46.3 Å². The first-order valence-corrected chi connectivity index (χ1v) is 10.7. The number of likely N-dealkylation sites (tertiary alicyclic amines) is 1. The molecule has 2 unspecified atom stereocenters. The molecule has 1 aromatic rings. The summed E-state index contributed by atoms with van der Waals surface area (Å²) >= 11 is 0. The van der Waals surface area contributed by atoms with Crippen LogP contribution in [0, 0.1) is 11.7 Å². The predicted octanol–water partition coefficient (Wildman–Crippen LogP) is 3.90. The zero-order chi connectivity index (χ0) is 19.9. The van der Waals surface area contributed by atoms with E-state index in [1.54, 1.807) is 0 Å². The Hall–Kier alpha value is -0.930. The van der Waals surface area contributed by atoms with Crippen LogP contribution in [-0.4, -0.2) is 68.2 Å². The molecule has 0 bridgehead atoms. The van der Waals surface area contributed by atoms with E-state index < -0.39 is 0 Å². The molecule has 1 aromatic carbocycles. The van der Waals surface area contributed by atoms with Crippen LogP contribution in [0.5, 0.6) is 0 Å². The molecule has 2 saturated heterocycles. The summed E-state index contributed by atoms with van der Waals surface area (Å²) in [5.41, 5.74) is 1.01. The van der Waals surface area contributed by atoms with E-state index in [1.165, 1.54) is 51.0 Å². The molecule has 0 radical (unpaired) electrons. The average Bonchev–Trinajstić information content (AvgIpc) is 2.70. The minimum Gasteiger partial charge on any atom is -0.367 e. The van der Waals surface area contributed by atoms with Crippen molar-refractivity contribution in [3.8, 4) is 0 Å². The third-order valence-electron chi connectivity index (χ3n) is 5.81. The SMILES string of the molecule is CCCN1CCC(CNC(=NC)N2CC(C)OC(c3ccc(F)cc3)C2)CC1.I. The van der Waals surface area contributed by atoms with E-state index in [1.807, 2.05) is 19.2 Å². The number of rotatable bonds is 5. The average molecular weight is 518 g/mol. The van der Waals surface area contributed by atoms with E-state index in [0.29, 0.717) is 5.92 Å². The Kier molecular flexibility index (Phi) is 10.1. The minimum absolute atomic E-state index is 0. The van der Waals surface area contributed by atoms with Gasteiger partial charge in [0.25, 0.3) is 0 Å². The van der Waals surface area contributed by atoms with Gasteiger partial charge in [0.1, 0.15) is 11.9 Å². The van der Waals surface area contributed by atoms with Crippen LogP contribution in [0.2, 0.25) is 0 Å². The maximum atomic E-state index is 13.3. The van der Waals surface area contributed by atoms with Gasteiger partial charge < -0.3 is 19.9 Å². The van der Waals surface area contributed by atoms with Crippen LogP contribution >= 0.6 is 24.0 Å². The van der Waals surface area contributed by atoms with Crippen molar-refractivity contribution in [1.82, 2.24) is 15.1 Å². The molecule has 29 heavy (non-hydrogen) atoms. The van der Waals surface area contributed by atoms with Gasteiger partial charge in [-0.15, -0.1) is 24.0 Å². The van der Waals surface area contributed by atoms with Crippen LogP contribution in [0.1, 0.15) is 44.8 Å². The van der Waals surface area contributed by atoms with Gasteiger partial charge in [-0.25, -0.2) is 4.39 Å². The summed E-state index contributed by atoms with van der Waals surface area (Å²) in [5.74, 6) is 1.43. The molecule has 1 N–H and O–H groups in total. The topological polar surface area (TPSA) is 40.1 Å². The van der Waals surface area contributed by atoms with Crippen molar-refractivity contribution in [3.05, 3.63) is 35.6 Å². The van der Waals surface area contributed by atoms with Crippen LogP contribution in [0.4, 0.5) is 4.39 Å². The van der Waals surface area contributed by atoms with Crippen molar-refractivity contribution in [1.29, 1.82) is 0 Å². The molecule has 0 amide bonds. The summed E-state index contributed by atoms with van der Waals surface area (Å²) < 4.78 is 19.4. The highest BCUT2D eigenvalue weighted by atomic mass is 127. The standard InChI is InChI=1S/C22H35FN4O.HI/c1-4-11-26-12-9-18(10-13-26)14-25-22(24-3)27-15-17(2)28-21(16-27)19-5-7-20(23)8-6-19;/h5-8,17-18,21H,4,9-16H2,1-3H3,(H,24,25);1H. The highest BCUT2D eigenvalue weighted by Crippen LogP contribution is 2.25. The predicted molar refractivity (Wildman–Crippen MR) is 127 cm³/mol. The number of guanidine groups is 1. The fraction of sp³-hybridized carbons (Fsp3) is 0.682. The number of nitrogens with one attached hydrogen (secondary N) is 1. The van der Waals surface area contributed by atoms with Gasteiger partial charge in [-0.2, -0.15) is 0 Å². The van der Waals surface area contributed by atoms with Gasteiger partial charge in [-0.3, -0.25) is 4.99 Å². The Balaban J connectivity index is 0.00000300. The number of hydrogen-bond donors (Lipinski definition) is 1. The Labute approximate surface area is 192 Å². The molecule has 2 aliphatic heterocycles. The van der Waals surface area contributed by atoms with Gasteiger partial charge in [0.15, 0.2) is 5.96 Å². The van der Waals surface area contributed by atoms with Crippen molar-refractivity contribution >= 4 is 29.9 Å². The number of piperidine rings is 1. The number of aliphatic imine (C=N–C) groups is 1. The lowest BCUT2D eigenvalue weighted by molar-refractivity contribution is -0.0605. The first-order chi connectivity index (χ1) is 13.6. The van der Waals surface area contributed by atoms with E-state index in [4.69, 9.17) is 4.74 Å². The first kappa shape index (κ1) is 24.3. The monoisotopic (exact) mass is 518 g/mol. The Morgan fingerprint density at radius 1 is 1.21 bits per heavy atom. The van der Waals surface area contributed by atoms with E-state index >= 15 is 0 Å². The van der Waals surface area contributed by atoms with Crippen molar-refractivity contribution < 1.29 is 9.13 Å². The van der Waals surface area contributed by atoms with Gasteiger partial charge in [0.2, 0.25) is 0 Å². The number of ether oxygens (including phenoxy) is 1. The number of benzene rings is 1. The van der Waals surface area contributed by atoms with E-state index in [0.717, 1.165) is 31.2 Å². The molecule has 0 aromatic heterocycles. The summed E-state index contributed by atoms with van der Waals surface area (Å²) in [6, 6.07) is 6.63. The van der Waals surface area contributed by atoms with Gasteiger partial charge in [-0.1, -0.05) is 19.1 Å². The fourth-order valence-corrected chi connectivity index (χ4v) is 4.28. The summed E-state index contributed by atoms with van der Waals surface area (Å²) in [5, 5.41) is 3.60. The fourth-order valence-electron chi connectivity index (χ4n) is 4.28. The second-order valence-corrected chi connectivity index (χ2v) is 8.11. The molecule has 0 saturated carbocycles. The highest BCUT2D eigenvalue weighted by Gasteiger charge is 2.29. The van der Waals surface area contributed by atoms with Crippen LogP contribution in [0.25, 0.3) is 0 Å². The second-order valence-electron chi connectivity index (χ2n) is 8.11. The highest BCUT2D eigenvalue weighted by molar-refractivity contribution is 14.0. The molecule has 2 aliphatic rings. The molecular weight excluding hydrogens is 482 g/mol. The van der Waals surface area contributed by atoms with Gasteiger partial charge in [-0.05, 0) is 69.4 Å². The van der Waals surface area contributed by atoms with Gasteiger partial charge in [0.05, 0.1) is 12.6 Å². The normalized spacial score (nSPS) is 24.3. The van der Waals surface area contributed by atoms with Crippen molar-refractivity contribution in [2.24, 2.45) is 10.9 Å². The summed E-state index contributed by atoms with van der Waals surface area (Å²) in [6.07, 6.45) is 3.77. The third-order valence-corrected chi connectivity index (χ3v) is 5.81. The molecule has 5 nitrogen and oxygen atoms in total. The molecule has 3 rings (SSSR count). The maximum Gasteiger partial charge on any atom is 0.193 e. The molecule has 164 valence electrons. The van der Waals surface area contributed by atoms with Crippen LogP contribution < -0.4 is 5.32 Å². The van der Waals surface area contributed by atoms with Crippen LogP contribution in [0.15, 0.2) is 29.3 Å². The van der Waals surface area contributed by atoms with E-state index in [2.05, 4.69) is 34.0 Å². The number of hydrogen-bond acceptors (Lipinski definition) is 3. The molecule has 2 atom stereocenters.